The minimum Gasteiger partial charge on any atom is -0.494 e. The summed E-state index contributed by atoms with van der Waals surface area (Å²) in [5.74, 6) is 0.374. The topological polar surface area (TPSA) is 67.4 Å². The molecule has 1 aliphatic heterocycles. The molecule has 1 aliphatic rings. The van der Waals surface area contributed by atoms with E-state index in [0.717, 1.165) is 18.6 Å². The van der Waals surface area contributed by atoms with Gasteiger partial charge in [-0.05, 0) is 29.7 Å². The quantitative estimate of drug-likeness (QED) is 0.634. The summed E-state index contributed by atoms with van der Waals surface area (Å²) in [5.41, 5.74) is 0.202. The van der Waals surface area contributed by atoms with E-state index in [-0.39, 0.29) is 5.91 Å². The number of hydrogen-bond acceptors (Lipinski definition) is 3. The van der Waals surface area contributed by atoms with Crippen molar-refractivity contribution in [1.29, 1.82) is 0 Å². The largest absolute Gasteiger partial charge is 0.494 e. The van der Waals surface area contributed by atoms with Crippen molar-refractivity contribution in [3.05, 3.63) is 65.7 Å². The number of rotatable bonds is 6. The van der Waals surface area contributed by atoms with Gasteiger partial charge in [0, 0.05) is 0 Å². The van der Waals surface area contributed by atoms with Crippen LogP contribution < -0.4 is 15.4 Å². The van der Waals surface area contributed by atoms with Gasteiger partial charge in [0.05, 0.1) is 6.61 Å². The molecule has 3 rings (SSSR count). The normalized spacial score (nSPS) is 19.7. The van der Waals surface area contributed by atoms with Crippen molar-refractivity contribution in [1.82, 2.24) is 10.6 Å². The molecule has 0 spiro atoms. The summed E-state index contributed by atoms with van der Waals surface area (Å²) in [6.07, 6.45) is 2.07. The van der Waals surface area contributed by atoms with Crippen molar-refractivity contribution in [3.63, 3.8) is 0 Å². The summed E-state index contributed by atoms with van der Waals surface area (Å²) in [6, 6.07) is 16.0. The summed E-state index contributed by atoms with van der Waals surface area (Å²) >= 11 is 0. The molecule has 0 aromatic heterocycles. The highest BCUT2D eigenvalue weighted by Gasteiger charge is 2.49. The molecule has 5 nitrogen and oxygen atoms in total. The fourth-order valence-corrected chi connectivity index (χ4v) is 2.85. The van der Waals surface area contributed by atoms with Crippen LogP contribution in [0.4, 0.5) is 4.79 Å². The van der Waals surface area contributed by atoms with Gasteiger partial charge in [-0.2, -0.15) is 0 Å². The average molecular weight is 324 g/mol. The zero-order chi connectivity index (χ0) is 17.0. The number of amides is 3. The Balaban J connectivity index is 1.95. The standard InChI is InChI=1S/C19H20N2O3/c1-2-3-13-24-16-11-9-15(10-12-16)19(14-7-5-4-6-8-14)17(22)20-18(23)21-19/h4-12H,2-3,13H2,1H3,(H2,20,21,22,23). The number of benzene rings is 2. The number of carbonyl (C=O) groups excluding carboxylic acids is 2. The van der Waals surface area contributed by atoms with Gasteiger partial charge in [-0.25, -0.2) is 4.79 Å². The van der Waals surface area contributed by atoms with Crippen LogP contribution in [0.15, 0.2) is 54.6 Å². The van der Waals surface area contributed by atoms with E-state index in [0.29, 0.717) is 17.7 Å². The number of nitrogens with one attached hydrogen (secondary N) is 2. The Hall–Kier alpha value is -2.82. The maximum absolute atomic E-state index is 12.6. The SMILES string of the molecule is CCCCOc1ccc(C2(c3ccccc3)NC(=O)NC2=O)cc1. The molecule has 5 heteroatoms. The molecule has 0 radical (unpaired) electrons. The summed E-state index contributed by atoms with van der Waals surface area (Å²) < 4.78 is 5.66. The molecule has 124 valence electrons. The van der Waals surface area contributed by atoms with E-state index in [1.807, 2.05) is 54.6 Å². The summed E-state index contributed by atoms with van der Waals surface area (Å²) in [6.45, 7) is 2.77. The van der Waals surface area contributed by atoms with E-state index in [1.165, 1.54) is 0 Å². The second-order valence-electron chi connectivity index (χ2n) is 5.75. The van der Waals surface area contributed by atoms with Crippen LogP contribution in [0.2, 0.25) is 0 Å². The van der Waals surface area contributed by atoms with Crippen LogP contribution in [0.3, 0.4) is 0 Å². The first kappa shape index (κ1) is 16.1. The van der Waals surface area contributed by atoms with Crippen LogP contribution in [0, 0.1) is 0 Å². The minimum atomic E-state index is -1.21. The number of imide groups is 1. The van der Waals surface area contributed by atoms with Crippen molar-refractivity contribution in [3.8, 4) is 5.75 Å². The van der Waals surface area contributed by atoms with Crippen molar-refractivity contribution in [2.45, 2.75) is 25.3 Å². The lowest BCUT2D eigenvalue weighted by atomic mass is 9.83. The fourth-order valence-electron chi connectivity index (χ4n) is 2.85. The third-order valence-electron chi connectivity index (χ3n) is 4.13. The van der Waals surface area contributed by atoms with Crippen LogP contribution in [0.5, 0.6) is 5.75 Å². The Labute approximate surface area is 141 Å². The summed E-state index contributed by atoms with van der Waals surface area (Å²) in [4.78, 5) is 24.4. The molecule has 0 aliphatic carbocycles. The average Bonchev–Trinajstić information content (AvgIpc) is 2.92. The minimum absolute atomic E-state index is 0.377. The Morgan fingerprint density at radius 1 is 0.958 bits per heavy atom. The zero-order valence-corrected chi connectivity index (χ0v) is 13.5. The van der Waals surface area contributed by atoms with E-state index in [9.17, 15) is 9.59 Å². The second-order valence-corrected chi connectivity index (χ2v) is 5.75. The molecule has 0 bridgehead atoms. The van der Waals surface area contributed by atoms with E-state index >= 15 is 0 Å². The fraction of sp³-hybridized carbons (Fsp3) is 0.263. The predicted molar refractivity (Wildman–Crippen MR) is 90.7 cm³/mol. The van der Waals surface area contributed by atoms with Gasteiger partial charge in [-0.15, -0.1) is 0 Å². The summed E-state index contributed by atoms with van der Waals surface area (Å²) in [5, 5.41) is 5.12. The highest BCUT2D eigenvalue weighted by molar-refractivity contribution is 6.09. The molecular formula is C19H20N2O3. The van der Waals surface area contributed by atoms with Crippen LogP contribution in [0.25, 0.3) is 0 Å². The Bertz CT molecular complexity index is 728. The monoisotopic (exact) mass is 324 g/mol. The number of unbranched alkanes of at least 4 members (excludes halogenated alkanes) is 1. The number of hydrogen-bond donors (Lipinski definition) is 2. The zero-order valence-electron chi connectivity index (χ0n) is 13.5. The molecule has 1 unspecified atom stereocenters. The van der Waals surface area contributed by atoms with E-state index < -0.39 is 11.6 Å². The highest BCUT2D eigenvalue weighted by atomic mass is 16.5. The molecule has 1 atom stereocenters. The van der Waals surface area contributed by atoms with Gasteiger partial charge in [0.25, 0.3) is 5.91 Å². The van der Waals surface area contributed by atoms with Gasteiger partial charge in [0.15, 0.2) is 5.54 Å². The molecule has 3 amide bonds. The van der Waals surface area contributed by atoms with Crippen molar-refractivity contribution < 1.29 is 14.3 Å². The van der Waals surface area contributed by atoms with Gasteiger partial charge in [-0.3, -0.25) is 10.1 Å². The van der Waals surface area contributed by atoms with E-state index in [2.05, 4.69) is 17.6 Å². The molecule has 2 aromatic carbocycles. The lowest BCUT2D eigenvalue weighted by molar-refractivity contribution is -0.122. The van der Waals surface area contributed by atoms with Crippen molar-refractivity contribution in [2.24, 2.45) is 0 Å². The maximum atomic E-state index is 12.6. The number of ether oxygens (including phenoxy) is 1. The van der Waals surface area contributed by atoms with Crippen molar-refractivity contribution in [2.75, 3.05) is 6.61 Å². The van der Waals surface area contributed by atoms with Crippen molar-refractivity contribution >= 4 is 11.9 Å². The first-order valence-electron chi connectivity index (χ1n) is 8.09. The molecule has 24 heavy (non-hydrogen) atoms. The lowest BCUT2D eigenvalue weighted by Crippen LogP contribution is -2.44. The molecule has 1 heterocycles. The van der Waals surface area contributed by atoms with Gasteiger partial charge >= 0.3 is 6.03 Å². The molecule has 2 aromatic rings. The molecule has 1 saturated heterocycles. The first-order valence-corrected chi connectivity index (χ1v) is 8.09. The lowest BCUT2D eigenvalue weighted by Gasteiger charge is -2.27. The number of carbonyl (C=O) groups is 2. The van der Waals surface area contributed by atoms with Crippen LogP contribution in [-0.4, -0.2) is 18.5 Å². The first-order chi connectivity index (χ1) is 11.7. The van der Waals surface area contributed by atoms with E-state index in [1.54, 1.807) is 0 Å². The maximum Gasteiger partial charge on any atom is 0.322 e. The van der Waals surface area contributed by atoms with Gasteiger partial charge in [0.1, 0.15) is 5.75 Å². The molecular weight excluding hydrogens is 304 g/mol. The molecule has 2 N–H and O–H groups in total. The smallest absolute Gasteiger partial charge is 0.322 e. The Morgan fingerprint density at radius 3 is 2.21 bits per heavy atom. The van der Waals surface area contributed by atoms with Gasteiger partial charge in [-0.1, -0.05) is 55.8 Å². The highest BCUT2D eigenvalue weighted by Crippen LogP contribution is 2.33. The Morgan fingerprint density at radius 2 is 1.62 bits per heavy atom. The van der Waals surface area contributed by atoms with Crippen LogP contribution in [0.1, 0.15) is 30.9 Å². The molecule has 0 saturated carbocycles. The predicted octanol–water partition coefficient (Wildman–Crippen LogP) is 2.95. The van der Waals surface area contributed by atoms with Crippen LogP contribution in [-0.2, 0) is 10.3 Å². The van der Waals surface area contributed by atoms with E-state index in [4.69, 9.17) is 4.74 Å². The van der Waals surface area contributed by atoms with Gasteiger partial charge < -0.3 is 10.1 Å². The van der Waals surface area contributed by atoms with Crippen LogP contribution >= 0.6 is 0 Å². The third-order valence-corrected chi connectivity index (χ3v) is 4.13. The van der Waals surface area contributed by atoms with Gasteiger partial charge in [0.2, 0.25) is 0 Å². The number of urea groups is 1. The summed E-state index contributed by atoms with van der Waals surface area (Å²) in [7, 11) is 0. The second kappa shape index (κ2) is 6.74. The molecule has 1 fully saturated rings. The Kier molecular flexibility index (Phi) is 4.51. The third kappa shape index (κ3) is 2.85.